The van der Waals surface area contributed by atoms with E-state index in [1.165, 1.54) is 6.08 Å². The summed E-state index contributed by atoms with van der Waals surface area (Å²) in [5.41, 5.74) is 0. The predicted molar refractivity (Wildman–Crippen MR) is 56.7 cm³/mol. The zero-order chi connectivity index (χ0) is 11.1. The third-order valence-electron chi connectivity index (χ3n) is 1.74. The first kappa shape index (κ1) is 11.3. The van der Waals surface area contributed by atoms with Gasteiger partial charge >= 0.3 is 6.09 Å². The number of para-hydroxylation sites is 1. The summed E-state index contributed by atoms with van der Waals surface area (Å²) >= 11 is 0. The van der Waals surface area contributed by atoms with Crippen molar-refractivity contribution in [2.45, 2.75) is 6.04 Å². The summed E-state index contributed by atoms with van der Waals surface area (Å²) in [4.78, 5) is 11.2. The molecule has 0 saturated carbocycles. The third-order valence-corrected chi connectivity index (χ3v) is 1.74. The molecule has 1 unspecified atom stereocenters. The fourth-order valence-corrected chi connectivity index (χ4v) is 0.956. The SMILES string of the molecule is C=CC(CO)NC(=O)Oc1ccccc1. The minimum atomic E-state index is -0.611. The van der Waals surface area contributed by atoms with E-state index in [0.29, 0.717) is 5.75 Å². The van der Waals surface area contributed by atoms with Gasteiger partial charge in [0.15, 0.2) is 0 Å². The molecule has 1 aromatic rings. The van der Waals surface area contributed by atoms with Gasteiger partial charge in [-0.3, -0.25) is 0 Å². The Bertz CT molecular complexity index is 324. The highest BCUT2D eigenvalue weighted by Gasteiger charge is 2.08. The zero-order valence-electron chi connectivity index (χ0n) is 8.22. The molecule has 0 aliphatic rings. The van der Waals surface area contributed by atoms with E-state index in [-0.39, 0.29) is 6.61 Å². The van der Waals surface area contributed by atoms with Crippen LogP contribution in [0, 0.1) is 0 Å². The molecular weight excluding hydrogens is 194 g/mol. The van der Waals surface area contributed by atoms with Crippen LogP contribution in [0.1, 0.15) is 0 Å². The Morgan fingerprint density at radius 2 is 2.20 bits per heavy atom. The smallest absolute Gasteiger partial charge is 0.410 e. The van der Waals surface area contributed by atoms with Crippen LogP contribution < -0.4 is 10.1 Å². The minimum Gasteiger partial charge on any atom is -0.410 e. The number of carbonyl (C=O) groups excluding carboxylic acids is 1. The number of rotatable bonds is 4. The van der Waals surface area contributed by atoms with Crippen molar-refractivity contribution in [3.8, 4) is 5.75 Å². The highest BCUT2D eigenvalue weighted by Crippen LogP contribution is 2.08. The van der Waals surface area contributed by atoms with Crippen molar-refractivity contribution in [1.82, 2.24) is 5.32 Å². The number of carbonyl (C=O) groups is 1. The first-order valence-corrected chi connectivity index (χ1v) is 4.53. The van der Waals surface area contributed by atoms with E-state index >= 15 is 0 Å². The molecule has 1 amide bonds. The molecule has 15 heavy (non-hydrogen) atoms. The van der Waals surface area contributed by atoms with Gasteiger partial charge in [0, 0.05) is 0 Å². The van der Waals surface area contributed by atoms with Crippen molar-refractivity contribution in [3.63, 3.8) is 0 Å². The van der Waals surface area contributed by atoms with Crippen molar-refractivity contribution >= 4 is 6.09 Å². The Morgan fingerprint density at radius 3 is 2.73 bits per heavy atom. The number of hydrogen-bond donors (Lipinski definition) is 2. The van der Waals surface area contributed by atoms with Crippen LogP contribution in [0.2, 0.25) is 0 Å². The lowest BCUT2D eigenvalue weighted by Gasteiger charge is -2.11. The number of hydrogen-bond acceptors (Lipinski definition) is 3. The molecule has 4 nitrogen and oxygen atoms in total. The van der Waals surface area contributed by atoms with Gasteiger partial charge in [0.25, 0.3) is 0 Å². The van der Waals surface area contributed by atoms with Crippen molar-refractivity contribution < 1.29 is 14.6 Å². The molecule has 0 aliphatic carbocycles. The average molecular weight is 207 g/mol. The van der Waals surface area contributed by atoms with Crippen LogP contribution in [0.25, 0.3) is 0 Å². The van der Waals surface area contributed by atoms with Crippen LogP contribution in [0.15, 0.2) is 43.0 Å². The lowest BCUT2D eigenvalue weighted by Crippen LogP contribution is -2.37. The standard InChI is InChI=1S/C11H13NO3/c1-2-9(8-13)12-11(14)15-10-6-4-3-5-7-10/h2-7,9,13H,1,8H2,(H,12,14). The number of ether oxygens (including phenoxy) is 1. The van der Waals surface area contributed by atoms with E-state index in [9.17, 15) is 4.79 Å². The Hall–Kier alpha value is -1.81. The van der Waals surface area contributed by atoms with Gasteiger partial charge in [0.1, 0.15) is 5.75 Å². The summed E-state index contributed by atoms with van der Waals surface area (Å²) < 4.78 is 4.94. The van der Waals surface area contributed by atoms with Crippen LogP contribution in [-0.4, -0.2) is 23.8 Å². The van der Waals surface area contributed by atoms with E-state index < -0.39 is 12.1 Å². The molecule has 80 valence electrons. The molecule has 0 aromatic heterocycles. The van der Waals surface area contributed by atoms with Gasteiger partial charge in [-0.05, 0) is 12.1 Å². The maximum absolute atomic E-state index is 11.2. The predicted octanol–water partition coefficient (Wildman–Crippen LogP) is 1.32. The first-order chi connectivity index (χ1) is 7.26. The summed E-state index contributed by atoms with van der Waals surface area (Å²) in [6.45, 7) is 3.26. The molecule has 0 fully saturated rings. The molecule has 1 rings (SSSR count). The second-order valence-electron chi connectivity index (χ2n) is 2.87. The summed E-state index contributed by atoms with van der Waals surface area (Å²) in [6.07, 6.45) is 0.826. The molecule has 4 heteroatoms. The maximum Gasteiger partial charge on any atom is 0.413 e. The molecule has 0 bridgehead atoms. The van der Waals surface area contributed by atoms with Gasteiger partial charge in [-0.25, -0.2) is 4.79 Å². The van der Waals surface area contributed by atoms with E-state index in [4.69, 9.17) is 9.84 Å². The van der Waals surface area contributed by atoms with Crippen LogP contribution in [0.3, 0.4) is 0 Å². The average Bonchev–Trinajstić information content (AvgIpc) is 2.27. The lowest BCUT2D eigenvalue weighted by atomic mass is 10.3. The third kappa shape index (κ3) is 3.83. The number of amides is 1. The van der Waals surface area contributed by atoms with Crippen LogP contribution in [0.5, 0.6) is 5.75 Å². The monoisotopic (exact) mass is 207 g/mol. The quantitative estimate of drug-likeness (QED) is 0.732. The van der Waals surface area contributed by atoms with Gasteiger partial charge in [-0.15, -0.1) is 6.58 Å². The molecule has 0 spiro atoms. The molecule has 2 N–H and O–H groups in total. The van der Waals surface area contributed by atoms with E-state index in [1.54, 1.807) is 24.3 Å². The largest absolute Gasteiger partial charge is 0.413 e. The van der Waals surface area contributed by atoms with Crippen molar-refractivity contribution in [1.29, 1.82) is 0 Å². The highest BCUT2D eigenvalue weighted by molar-refractivity contribution is 5.70. The van der Waals surface area contributed by atoms with Gasteiger partial charge in [-0.2, -0.15) is 0 Å². The second kappa shape index (κ2) is 5.82. The molecule has 0 saturated heterocycles. The van der Waals surface area contributed by atoms with E-state index in [0.717, 1.165) is 0 Å². The van der Waals surface area contributed by atoms with Crippen molar-refractivity contribution in [2.75, 3.05) is 6.61 Å². The Kier molecular flexibility index (Phi) is 4.37. The van der Waals surface area contributed by atoms with E-state index in [1.807, 2.05) is 6.07 Å². The minimum absolute atomic E-state index is 0.201. The fourth-order valence-electron chi connectivity index (χ4n) is 0.956. The Morgan fingerprint density at radius 1 is 1.53 bits per heavy atom. The number of aliphatic hydroxyl groups excluding tert-OH is 1. The van der Waals surface area contributed by atoms with Gasteiger partial charge in [0.05, 0.1) is 12.6 Å². The normalized spacial score (nSPS) is 11.5. The van der Waals surface area contributed by atoms with Crippen LogP contribution >= 0.6 is 0 Å². The number of aliphatic hydroxyl groups is 1. The number of nitrogens with one attached hydrogen (secondary N) is 1. The van der Waals surface area contributed by atoms with Crippen molar-refractivity contribution in [2.24, 2.45) is 0 Å². The van der Waals surface area contributed by atoms with Crippen LogP contribution in [0.4, 0.5) is 4.79 Å². The highest BCUT2D eigenvalue weighted by atomic mass is 16.6. The van der Waals surface area contributed by atoms with Gasteiger partial charge < -0.3 is 15.2 Å². The lowest BCUT2D eigenvalue weighted by molar-refractivity contribution is 0.189. The second-order valence-corrected chi connectivity index (χ2v) is 2.87. The molecule has 0 aliphatic heterocycles. The molecular formula is C11H13NO3. The van der Waals surface area contributed by atoms with Crippen molar-refractivity contribution in [3.05, 3.63) is 43.0 Å². The Balaban J connectivity index is 2.46. The molecule has 0 heterocycles. The molecule has 0 radical (unpaired) electrons. The first-order valence-electron chi connectivity index (χ1n) is 4.53. The number of benzene rings is 1. The summed E-state index contributed by atoms with van der Waals surface area (Å²) in [6, 6.07) is 8.20. The summed E-state index contributed by atoms with van der Waals surface area (Å²) in [7, 11) is 0. The summed E-state index contributed by atoms with van der Waals surface area (Å²) in [5.74, 6) is 0.454. The Labute approximate surface area is 88.2 Å². The van der Waals surface area contributed by atoms with Gasteiger partial charge in [-0.1, -0.05) is 24.3 Å². The van der Waals surface area contributed by atoms with Gasteiger partial charge in [0.2, 0.25) is 0 Å². The fraction of sp³-hybridized carbons (Fsp3) is 0.182. The molecule has 1 aromatic carbocycles. The van der Waals surface area contributed by atoms with E-state index in [2.05, 4.69) is 11.9 Å². The van der Waals surface area contributed by atoms with Crippen LogP contribution in [-0.2, 0) is 0 Å². The topological polar surface area (TPSA) is 58.6 Å². The summed E-state index contributed by atoms with van der Waals surface area (Å²) in [5, 5.41) is 11.2. The maximum atomic E-state index is 11.2. The molecule has 1 atom stereocenters. The zero-order valence-corrected chi connectivity index (χ0v) is 8.22.